The van der Waals surface area contributed by atoms with Crippen LogP contribution in [0.15, 0.2) is 18.2 Å². The number of methoxy groups -OCH3 is 2. The second kappa shape index (κ2) is 10.3. The van der Waals surface area contributed by atoms with Gasteiger partial charge < -0.3 is 14.8 Å². The van der Waals surface area contributed by atoms with Gasteiger partial charge in [-0.05, 0) is 38.3 Å². The van der Waals surface area contributed by atoms with E-state index in [1.54, 1.807) is 32.0 Å². The maximum atomic E-state index is 13.6. The van der Waals surface area contributed by atoms with Crippen LogP contribution in [0.2, 0.25) is 0 Å². The first-order valence-electron chi connectivity index (χ1n) is 11.5. The Hall–Kier alpha value is -2.33. The minimum absolute atomic E-state index is 0.0213. The lowest BCUT2D eigenvalue weighted by Crippen LogP contribution is -2.71. The summed E-state index contributed by atoms with van der Waals surface area (Å²) in [6, 6.07) is 5.01. The van der Waals surface area contributed by atoms with Crippen LogP contribution in [0.5, 0.6) is 11.5 Å². The molecule has 3 rings (SSSR count). The molecule has 33 heavy (non-hydrogen) atoms. The van der Waals surface area contributed by atoms with Gasteiger partial charge in [0.1, 0.15) is 5.54 Å². The van der Waals surface area contributed by atoms with Gasteiger partial charge in [0.2, 0.25) is 21.8 Å². The van der Waals surface area contributed by atoms with Gasteiger partial charge in [-0.2, -0.15) is 4.31 Å². The van der Waals surface area contributed by atoms with Crippen molar-refractivity contribution < 1.29 is 27.5 Å². The van der Waals surface area contributed by atoms with Crippen molar-refractivity contribution in [3.05, 3.63) is 18.2 Å². The summed E-state index contributed by atoms with van der Waals surface area (Å²) in [4.78, 5) is 28.4. The molecule has 2 aliphatic rings. The first-order valence-corrected chi connectivity index (χ1v) is 13.1. The van der Waals surface area contributed by atoms with Crippen molar-refractivity contribution in [1.29, 1.82) is 0 Å². The highest BCUT2D eigenvalue weighted by Crippen LogP contribution is 2.37. The van der Waals surface area contributed by atoms with Gasteiger partial charge in [-0.15, -0.1) is 0 Å². The Kier molecular flexibility index (Phi) is 7.89. The quantitative estimate of drug-likeness (QED) is 0.611. The fourth-order valence-corrected chi connectivity index (χ4v) is 6.23. The van der Waals surface area contributed by atoms with Crippen LogP contribution in [-0.2, 0) is 19.6 Å². The lowest BCUT2D eigenvalue weighted by Gasteiger charge is -2.47. The maximum absolute atomic E-state index is 13.6. The molecule has 1 saturated carbocycles. The number of amides is 2. The predicted molar refractivity (Wildman–Crippen MR) is 126 cm³/mol. The Labute approximate surface area is 196 Å². The lowest BCUT2D eigenvalue weighted by atomic mass is 9.91. The zero-order valence-electron chi connectivity index (χ0n) is 19.9. The molecule has 0 aromatic heterocycles. The number of anilines is 1. The Balaban J connectivity index is 2.02. The van der Waals surface area contributed by atoms with Gasteiger partial charge >= 0.3 is 0 Å². The molecule has 0 radical (unpaired) electrons. The third-order valence-corrected chi connectivity index (χ3v) is 8.42. The van der Waals surface area contributed by atoms with Crippen molar-refractivity contribution in [2.24, 2.45) is 0 Å². The maximum Gasteiger partial charge on any atom is 0.247 e. The molecule has 9 nitrogen and oxygen atoms in total. The van der Waals surface area contributed by atoms with Gasteiger partial charge in [-0.1, -0.05) is 26.2 Å². The molecule has 2 fully saturated rings. The van der Waals surface area contributed by atoms with E-state index < -0.39 is 21.5 Å². The fourth-order valence-electron chi connectivity index (χ4n) is 4.70. The summed E-state index contributed by atoms with van der Waals surface area (Å²) in [6.45, 7) is 2.97. The van der Waals surface area contributed by atoms with E-state index in [4.69, 9.17) is 9.47 Å². The molecule has 2 amide bonds. The van der Waals surface area contributed by atoms with Crippen LogP contribution in [0.25, 0.3) is 0 Å². The Morgan fingerprint density at radius 2 is 1.82 bits per heavy atom. The summed E-state index contributed by atoms with van der Waals surface area (Å²) in [5, 5.41) is 3.09. The molecule has 1 aliphatic heterocycles. The third-order valence-electron chi connectivity index (χ3n) is 6.45. The van der Waals surface area contributed by atoms with Crippen molar-refractivity contribution in [3.63, 3.8) is 0 Å². The van der Waals surface area contributed by atoms with E-state index in [0.29, 0.717) is 23.6 Å². The lowest BCUT2D eigenvalue weighted by molar-refractivity contribution is -0.133. The summed E-state index contributed by atoms with van der Waals surface area (Å²) in [7, 11) is -0.663. The Morgan fingerprint density at radius 3 is 2.42 bits per heavy atom. The van der Waals surface area contributed by atoms with Crippen molar-refractivity contribution in [1.82, 2.24) is 9.62 Å². The zero-order valence-corrected chi connectivity index (χ0v) is 20.7. The molecule has 0 spiro atoms. The molecule has 1 aromatic rings. The molecule has 184 valence electrons. The van der Waals surface area contributed by atoms with E-state index in [0.717, 1.165) is 36.4 Å². The number of nitrogens with zero attached hydrogens (tertiary/aromatic N) is 2. The average molecular weight is 482 g/mol. The second-order valence-corrected chi connectivity index (χ2v) is 11.0. The molecule has 1 atom stereocenters. The first kappa shape index (κ1) is 25.3. The molecule has 1 N–H and O–H groups in total. The summed E-state index contributed by atoms with van der Waals surface area (Å²) >= 11 is 0. The topological polar surface area (TPSA) is 105 Å². The van der Waals surface area contributed by atoms with Gasteiger partial charge in [0, 0.05) is 24.3 Å². The number of nitrogens with one attached hydrogen (secondary N) is 1. The van der Waals surface area contributed by atoms with Crippen LogP contribution in [-0.4, -0.2) is 69.2 Å². The number of benzene rings is 1. The van der Waals surface area contributed by atoms with Crippen LogP contribution in [0, 0.1) is 0 Å². The summed E-state index contributed by atoms with van der Waals surface area (Å²) in [5.41, 5.74) is -0.973. The molecule has 1 aliphatic carbocycles. The van der Waals surface area contributed by atoms with Gasteiger partial charge in [0.25, 0.3) is 0 Å². The van der Waals surface area contributed by atoms with Crippen molar-refractivity contribution in [3.8, 4) is 11.5 Å². The van der Waals surface area contributed by atoms with Crippen LogP contribution in [0.3, 0.4) is 0 Å². The van der Waals surface area contributed by atoms with Crippen molar-refractivity contribution in [2.75, 3.05) is 38.0 Å². The van der Waals surface area contributed by atoms with E-state index in [1.165, 1.54) is 19.1 Å². The summed E-state index contributed by atoms with van der Waals surface area (Å²) in [6.07, 6.45) is 5.41. The third kappa shape index (κ3) is 5.27. The molecule has 1 aromatic carbocycles. The van der Waals surface area contributed by atoms with Crippen molar-refractivity contribution >= 4 is 27.5 Å². The zero-order chi connectivity index (χ0) is 24.2. The Bertz CT molecular complexity index is 976. The molecule has 1 unspecified atom stereocenters. The number of ether oxygens (including phenoxy) is 2. The monoisotopic (exact) mass is 481 g/mol. The second-order valence-electron chi connectivity index (χ2n) is 8.93. The average Bonchev–Trinajstić information content (AvgIpc) is 2.79. The Morgan fingerprint density at radius 1 is 1.15 bits per heavy atom. The number of carbonyl (C=O) groups excluding carboxylic acids is 2. The molecule has 1 heterocycles. The summed E-state index contributed by atoms with van der Waals surface area (Å²) in [5.74, 6) is 0.0187. The number of hydrogen-bond donors (Lipinski definition) is 1. The highest BCUT2D eigenvalue weighted by atomic mass is 32.2. The minimum Gasteiger partial charge on any atom is -0.493 e. The van der Waals surface area contributed by atoms with E-state index in [1.807, 2.05) is 0 Å². The van der Waals surface area contributed by atoms with Crippen molar-refractivity contribution in [2.45, 2.75) is 64.0 Å². The van der Waals surface area contributed by atoms with Crippen LogP contribution >= 0.6 is 0 Å². The van der Waals surface area contributed by atoms with Crippen LogP contribution < -0.4 is 19.7 Å². The molecule has 1 saturated heterocycles. The molecule has 10 heteroatoms. The normalized spacial score (nSPS) is 22.8. The molecule has 0 bridgehead atoms. The SMILES string of the molecule is CCCS(=O)(=O)N1CC(=O)N(c2ccc(OC)c(OC)c2)C(C)(C(=O)NC2CCCCC2)C1. The van der Waals surface area contributed by atoms with Gasteiger partial charge in [0.15, 0.2) is 11.5 Å². The number of rotatable bonds is 8. The largest absolute Gasteiger partial charge is 0.493 e. The number of piperazine rings is 1. The van der Waals surface area contributed by atoms with Crippen LogP contribution in [0.4, 0.5) is 5.69 Å². The molecular weight excluding hydrogens is 446 g/mol. The summed E-state index contributed by atoms with van der Waals surface area (Å²) < 4.78 is 37.5. The number of carbonyl (C=O) groups is 2. The predicted octanol–water partition coefficient (Wildman–Crippen LogP) is 2.30. The van der Waals surface area contributed by atoms with Gasteiger partial charge in [-0.3, -0.25) is 14.5 Å². The van der Waals surface area contributed by atoms with E-state index in [2.05, 4.69) is 5.32 Å². The molecular formula is C23H35N3O6S. The minimum atomic E-state index is -3.67. The van der Waals surface area contributed by atoms with Gasteiger partial charge in [0.05, 0.1) is 26.5 Å². The van der Waals surface area contributed by atoms with Gasteiger partial charge in [-0.25, -0.2) is 8.42 Å². The fraction of sp³-hybridized carbons (Fsp3) is 0.652. The first-order chi connectivity index (χ1) is 15.7. The number of sulfonamides is 1. The van der Waals surface area contributed by atoms with E-state index >= 15 is 0 Å². The van der Waals surface area contributed by atoms with E-state index in [9.17, 15) is 18.0 Å². The van der Waals surface area contributed by atoms with Crippen LogP contribution in [0.1, 0.15) is 52.4 Å². The van der Waals surface area contributed by atoms with E-state index in [-0.39, 0.29) is 30.8 Å². The highest BCUT2D eigenvalue weighted by Gasteiger charge is 2.51. The smallest absolute Gasteiger partial charge is 0.247 e. The standard InChI is InChI=1S/C23H35N3O6S/c1-5-13-33(29,30)25-15-21(27)26(18-11-12-19(31-3)20(14-18)32-4)23(2,16-25)22(28)24-17-9-7-6-8-10-17/h11-12,14,17H,5-10,13,15-16H2,1-4H3,(H,24,28). The number of hydrogen-bond acceptors (Lipinski definition) is 6. The highest BCUT2D eigenvalue weighted by molar-refractivity contribution is 7.89.